The zero-order valence-corrected chi connectivity index (χ0v) is 15.4. The zero-order chi connectivity index (χ0) is 18.1. The van der Waals surface area contributed by atoms with E-state index >= 15 is 0 Å². The number of thiophene rings is 1. The number of likely N-dealkylation sites (tertiary alicyclic amines) is 1. The van der Waals surface area contributed by atoms with Gasteiger partial charge in [-0.25, -0.2) is 0 Å². The maximum atomic E-state index is 12.9. The summed E-state index contributed by atoms with van der Waals surface area (Å²) in [5, 5.41) is 10.2. The van der Waals surface area contributed by atoms with Gasteiger partial charge in [0.25, 0.3) is 5.91 Å². The minimum atomic E-state index is -0.899. The molecule has 0 aliphatic carbocycles. The third-order valence-electron chi connectivity index (χ3n) is 4.46. The average Bonchev–Trinajstić information content (AvgIpc) is 3.18. The monoisotopic (exact) mass is 379 g/mol. The second-order valence-corrected chi connectivity index (χ2v) is 7.76. The average molecular weight is 380 g/mol. The van der Waals surface area contributed by atoms with E-state index in [9.17, 15) is 14.7 Å². The molecule has 0 bridgehead atoms. The molecule has 1 N–H and O–H groups in total. The van der Waals surface area contributed by atoms with Crippen molar-refractivity contribution in [1.29, 1.82) is 0 Å². The zero-order valence-electron chi connectivity index (χ0n) is 13.9. The van der Waals surface area contributed by atoms with E-state index in [1.165, 1.54) is 18.4 Å². The normalized spacial score (nSPS) is 19.9. The van der Waals surface area contributed by atoms with Gasteiger partial charge in [0, 0.05) is 28.9 Å². The Bertz CT molecular complexity index is 802. The van der Waals surface area contributed by atoms with Crippen LogP contribution in [0.5, 0.6) is 5.75 Å². The fourth-order valence-corrected chi connectivity index (χ4v) is 4.28. The number of nitrogens with zero attached hydrogens (tertiary/aromatic N) is 1. The number of rotatable bonds is 4. The summed E-state index contributed by atoms with van der Waals surface area (Å²) < 4.78 is 5.28. The van der Waals surface area contributed by atoms with Crippen LogP contribution in [0.4, 0.5) is 0 Å². The lowest BCUT2D eigenvalue weighted by molar-refractivity contribution is -0.141. The summed E-state index contributed by atoms with van der Waals surface area (Å²) in [4.78, 5) is 27.7. The molecule has 5 nitrogen and oxygen atoms in total. The maximum absolute atomic E-state index is 12.9. The number of carbonyl (C=O) groups excluding carboxylic acids is 1. The smallest absolute Gasteiger partial charge is 0.308 e. The van der Waals surface area contributed by atoms with Gasteiger partial charge in [0.1, 0.15) is 10.6 Å². The molecule has 1 aromatic heterocycles. The van der Waals surface area contributed by atoms with E-state index in [4.69, 9.17) is 16.3 Å². The van der Waals surface area contributed by atoms with Crippen LogP contribution in [0.2, 0.25) is 5.02 Å². The molecule has 1 fully saturated rings. The lowest BCUT2D eigenvalue weighted by Crippen LogP contribution is -2.29. The predicted molar refractivity (Wildman–Crippen MR) is 96.8 cm³/mol. The van der Waals surface area contributed by atoms with Gasteiger partial charge in [-0.1, -0.05) is 23.7 Å². The standard InChI is InChI=1S/C18H18ClNO4S/c1-10-7-15(24-2)16(25-10)17(21)20-8-13(14(9-20)18(22)23)11-3-5-12(19)6-4-11/h3-7,13-14H,8-9H2,1-2H3,(H,22,23)/t13-,14+/m0/s1. The summed E-state index contributed by atoms with van der Waals surface area (Å²) >= 11 is 7.28. The number of aliphatic carboxylic acids is 1. The van der Waals surface area contributed by atoms with Crippen LogP contribution < -0.4 is 4.74 Å². The first-order valence-corrected chi connectivity index (χ1v) is 9.02. The van der Waals surface area contributed by atoms with Gasteiger partial charge in [-0.3, -0.25) is 9.59 Å². The molecule has 7 heteroatoms. The van der Waals surface area contributed by atoms with Gasteiger partial charge in [0.15, 0.2) is 0 Å². The number of hydrogen-bond donors (Lipinski definition) is 1. The number of carbonyl (C=O) groups is 2. The van der Waals surface area contributed by atoms with Gasteiger partial charge in [-0.15, -0.1) is 11.3 Å². The molecule has 1 aliphatic heterocycles. The number of aryl methyl sites for hydroxylation is 1. The first-order chi connectivity index (χ1) is 11.9. The van der Waals surface area contributed by atoms with Crippen molar-refractivity contribution in [3.63, 3.8) is 0 Å². The Morgan fingerprint density at radius 2 is 1.96 bits per heavy atom. The van der Waals surface area contributed by atoms with Crippen LogP contribution >= 0.6 is 22.9 Å². The summed E-state index contributed by atoms with van der Waals surface area (Å²) in [7, 11) is 1.53. The van der Waals surface area contributed by atoms with E-state index in [2.05, 4.69) is 0 Å². The van der Waals surface area contributed by atoms with E-state index in [0.29, 0.717) is 22.2 Å². The first kappa shape index (κ1) is 17.8. The molecule has 0 unspecified atom stereocenters. The first-order valence-electron chi connectivity index (χ1n) is 7.82. The number of amides is 1. The molecule has 3 rings (SSSR count). The Hall–Kier alpha value is -2.05. The summed E-state index contributed by atoms with van der Waals surface area (Å²) in [6.45, 7) is 2.45. The minimum absolute atomic E-state index is 0.182. The predicted octanol–water partition coefficient (Wildman–Crippen LogP) is 3.66. The van der Waals surface area contributed by atoms with Crippen molar-refractivity contribution in [2.45, 2.75) is 12.8 Å². The number of ether oxygens (including phenoxy) is 1. The molecule has 0 saturated carbocycles. The SMILES string of the molecule is COc1cc(C)sc1C(=O)N1C[C@@H](C(=O)O)[C@H](c2ccc(Cl)cc2)C1. The number of benzene rings is 1. The maximum Gasteiger partial charge on any atom is 0.308 e. The van der Waals surface area contributed by atoms with Crippen LogP contribution in [0.25, 0.3) is 0 Å². The Kier molecular flexibility index (Phi) is 5.01. The van der Waals surface area contributed by atoms with Gasteiger partial charge in [-0.05, 0) is 30.7 Å². The Labute approximate surface area is 154 Å². The molecule has 25 heavy (non-hydrogen) atoms. The number of carboxylic acids is 1. The Balaban J connectivity index is 1.88. The van der Waals surface area contributed by atoms with Crippen molar-refractivity contribution in [3.8, 4) is 5.75 Å². The molecule has 2 atom stereocenters. The molecular formula is C18H18ClNO4S. The van der Waals surface area contributed by atoms with E-state index < -0.39 is 11.9 Å². The molecule has 0 spiro atoms. The summed E-state index contributed by atoms with van der Waals surface area (Å²) in [5.74, 6) is -1.44. The number of methoxy groups -OCH3 is 1. The van der Waals surface area contributed by atoms with E-state index in [-0.39, 0.29) is 18.4 Å². The summed E-state index contributed by atoms with van der Waals surface area (Å²) in [6, 6.07) is 8.96. The van der Waals surface area contributed by atoms with Gasteiger partial charge < -0.3 is 14.7 Å². The second-order valence-electron chi connectivity index (χ2n) is 6.07. The molecular weight excluding hydrogens is 362 g/mol. The van der Waals surface area contributed by atoms with Gasteiger partial charge in [0.05, 0.1) is 13.0 Å². The largest absolute Gasteiger partial charge is 0.495 e. The van der Waals surface area contributed by atoms with E-state index in [1.807, 2.05) is 25.1 Å². The molecule has 2 heterocycles. The van der Waals surface area contributed by atoms with Crippen molar-refractivity contribution >= 4 is 34.8 Å². The highest BCUT2D eigenvalue weighted by atomic mass is 35.5. The molecule has 1 amide bonds. The third kappa shape index (κ3) is 3.50. The highest BCUT2D eigenvalue weighted by molar-refractivity contribution is 7.14. The molecule has 2 aromatic rings. The van der Waals surface area contributed by atoms with Crippen molar-refractivity contribution in [1.82, 2.24) is 4.90 Å². The highest BCUT2D eigenvalue weighted by Gasteiger charge is 2.41. The molecule has 0 radical (unpaired) electrons. The van der Waals surface area contributed by atoms with Gasteiger partial charge >= 0.3 is 5.97 Å². The number of halogens is 1. The molecule has 1 saturated heterocycles. The lowest BCUT2D eigenvalue weighted by Gasteiger charge is -2.16. The third-order valence-corrected chi connectivity index (χ3v) is 5.73. The van der Waals surface area contributed by atoms with Crippen molar-refractivity contribution in [3.05, 3.63) is 50.7 Å². The van der Waals surface area contributed by atoms with Crippen LogP contribution in [0, 0.1) is 12.8 Å². The fourth-order valence-electron chi connectivity index (χ4n) is 3.20. The van der Waals surface area contributed by atoms with Crippen LogP contribution in [-0.2, 0) is 4.79 Å². The van der Waals surface area contributed by atoms with Crippen LogP contribution in [0.3, 0.4) is 0 Å². The van der Waals surface area contributed by atoms with Crippen molar-refractivity contribution in [2.75, 3.05) is 20.2 Å². The van der Waals surface area contributed by atoms with Gasteiger partial charge in [0.2, 0.25) is 0 Å². The molecule has 1 aromatic carbocycles. The number of carboxylic acid groups (broad SMARTS) is 1. The van der Waals surface area contributed by atoms with Crippen LogP contribution in [0.1, 0.15) is 26.0 Å². The molecule has 132 valence electrons. The molecule has 1 aliphatic rings. The topological polar surface area (TPSA) is 66.8 Å². The van der Waals surface area contributed by atoms with Crippen LogP contribution in [0.15, 0.2) is 30.3 Å². The van der Waals surface area contributed by atoms with Crippen molar-refractivity contribution < 1.29 is 19.4 Å². The van der Waals surface area contributed by atoms with Gasteiger partial charge in [-0.2, -0.15) is 0 Å². The van der Waals surface area contributed by atoms with Crippen LogP contribution in [-0.4, -0.2) is 42.1 Å². The quantitative estimate of drug-likeness (QED) is 0.880. The Morgan fingerprint density at radius 3 is 2.56 bits per heavy atom. The lowest BCUT2D eigenvalue weighted by atomic mass is 9.89. The summed E-state index contributed by atoms with van der Waals surface area (Å²) in [5.41, 5.74) is 0.876. The highest BCUT2D eigenvalue weighted by Crippen LogP contribution is 2.37. The van der Waals surface area contributed by atoms with E-state index in [0.717, 1.165) is 10.4 Å². The second kappa shape index (κ2) is 7.06. The van der Waals surface area contributed by atoms with E-state index in [1.54, 1.807) is 17.0 Å². The fraction of sp³-hybridized carbons (Fsp3) is 0.333. The van der Waals surface area contributed by atoms with Crippen molar-refractivity contribution in [2.24, 2.45) is 5.92 Å². The number of hydrogen-bond acceptors (Lipinski definition) is 4. The Morgan fingerprint density at radius 1 is 1.28 bits per heavy atom. The summed E-state index contributed by atoms with van der Waals surface area (Å²) in [6.07, 6.45) is 0. The minimum Gasteiger partial charge on any atom is -0.495 e.